The monoisotopic (exact) mass is 660 g/mol. The van der Waals surface area contributed by atoms with E-state index in [2.05, 4.69) is 194 Å². The number of rotatable bonds is 5. The lowest BCUT2D eigenvalue weighted by molar-refractivity contribution is 1.06. The molecular weight excluding hydrogens is 625 g/mol. The first kappa shape index (κ1) is 30.3. The molecule has 0 N–H and O–H groups in total. The van der Waals surface area contributed by atoms with Crippen molar-refractivity contribution in [3.8, 4) is 0 Å². The summed E-state index contributed by atoms with van der Waals surface area (Å²) in [6.45, 7) is 0. The third kappa shape index (κ3) is 5.07. The second-order valence-electron chi connectivity index (χ2n) is 13.9. The lowest BCUT2D eigenvalue weighted by Gasteiger charge is -2.13. The molecule has 0 aromatic heterocycles. The van der Waals surface area contributed by atoms with Gasteiger partial charge in [0.05, 0.1) is 0 Å². The number of benzene rings is 7. The number of fused-ring (bicyclic) bond motifs is 9. The van der Waals surface area contributed by atoms with Crippen LogP contribution in [0.4, 0.5) is 0 Å². The molecule has 0 amide bonds. The normalized spacial score (nSPS) is 13.5. The summed E-state index contributed by atoms with van der Waals surface area (Å²) in [5, 5.41) is 15.3. The molecule has 0 radical (unpaired) electrons. The van der Waals surface area contributed by atoms with Crippen LogP contribution in [-0.2, 0) is 0 Å². The number of hydrogen-bond donors (Lipinski definition) is 0. The smallest absolute Gasteiger partial charge is 0.00134 e. The number of allylic oxidation sites excluding steroid dienone is 4. The van der Waals surface area contributed by atoms with Crippen LogP contribution in [0.15, 0.2) is 170 Å². The van der Waals surface area contributed by atoms with E-state index in [-0.39, 0.29) is 0 Å². The lowest BCUT2D eigenvalue weighted by atomic mass is 9.90. The quantitative estimate of drug-likeness (QED) is 0.161. The van der Waals surface area contributed by atoms with Crippen molar-refractivity contribution in [3.63, 3.8) is 0 Å². The summed E-state index contributed by atoms with van der Waals surface area (Å²) < 4.78 is 0. The number of hydrogen-bond acceptors (Lipinski definition) is 0. The van der Waals surface area contributed by atoms with E-state index in [4.69, 9.17) is 0 Å². The van der Waals surface area contributed by atoms with Crippen molar-refractivity contribution in [1.29, 1.82) is 0 Å². The Morgan fingerprint density at radius 3 is 1.79 bits per heavy atom. The van der Waals surface area contributed by atoms with E-state index >= 15 is 0 Å². The van der Waals surface area contributed by atoms with E-state index in [0.29, 0.717) is 0 Å². The van der Waals surface area contributed by atoms with Crippen molar-refractivity contribution < 1.29 is 0 Å². The van der Waals surface area contributed by atoms with Crippen LogP contribution in [0.5, 0.6) is 0 Å². The lowest BCUT2D eigenvalue weighted by Crippen LogP contribution is -1.90. The zero-order valence-corrected chi connectivity index (χ0v) is 28.9. The zero-order chi connectivity index (χ0) is 34.4. The second-order valence-corrected chi connectivity index (χ2v) is 13.9. The molecule has 0 atom stereocenters. The van der Waals surface area contributed by atoms with Crippen molar-refractivity contribution in [1.82, 2.24) is 0 Å². The van der Waals surface area contributed by atoms with E-state index in [9.17, 15) is 0 Å². The molecule has 0 saturated heterocycles. The van der Waals surface area contributed by atoms with Gasteiger partial charge < -0.3 is 0 Å². The molecule has 0 saturated carbocycles. The molecule has 0 aliphatic heterocycles. The van der Waals surface area contributed by atoms with Crippen LogP contribution < -0.4 is 0 Å². The molecule has 2 bridgehead atoms. The molecule has 1 aliphatic rings. The Bertz CT molecular complexity index is 2970. The summed E-state index contributed by atoms with van der Waals surface area (Å²) in [4.78, 5) is 0. The van der Waals surface area contributed by atoms with E-state index < -0.39 is 0 Å². The van der Waals surface area contributed by atoms with Gasteiger partial charge in [-0.3, -0.25) is 0 Å². The van der Waals surface area contributed by atoms with Crippen LogP contribution in [0.2, 0.25) is 0 Å². The van der Waals surface area contributed by atoms with Crippen LogP contribution in [0.3, 0.4) is 0 Å². The van der Waals surface area contributed by atoms with E-state index in [0.717, 1.165) is 12.8 Å². The molecule has 0 fully saturated rings. The second kappa shape index (κ2) is 12.7. The minimum Gasteiger partial charge on any atom is -0.0842 e. The van der Waals surface area contributed by atoms with Crippen LogP contribution >= 0.6 is 0 Å². The van der Waals surface area contributed by atoms with Crippen molar-refractivity contribution in [3.05, 3.63) is 198 Å². The third-order valence-electron chi connectivity index (χ3n) is 10.9. The Morgan fingerprint density at radius 2 is 1.00 bits per heavy atom. The van der Waals surface area contributed by atoms with Gasteiger partial charge in [0.2, 0.25) is 0 Å². The van der Waals surface area contributed by atoms with Gasteiger partial charge in [-0.25, -0.2) is 0 Å². The minimum absolute atomic E-state index is 1.06. The van der Waals surface area contributed by atoms with Gasteiger partial charge in [0.15, 0.2) is 0 Å². The van der Waals surface area contributed by atoms with E-state index in [1.54, 1.807) is 0 Å². The Labute approximate surface area is 304 Å². The van der Waals surface area contributed by atoms with Crippen LogP contribution in [0.25, 0.3) is 94.5 Å². The maximum atomic E-state index is 2.40. The van der Waals surface area contributed by atoms with E-state index in [1.807, 2.05) is 0 Å². The summed E-state index contributed by atoms with van der Waals surface area (Å²) in [5.74, 6) is 0. The molecule has 52 heavy (non-hydrogen) atoms. The third-order valence-corrected chi connectivity index (χ3v) is 10.9. The van der Waals surface area contributed by atoms with Gasteiger partial charge >= 0.3 is 0 Å². The van der Waals surface area contributed by atoms with Crippen molar-refractivity contribution in [2.45, 2.75) is 12.8 Å². The molecule has 9 aromatic carbocycles. The Balaban J connectivity index is 1.45. The predicted octanol–water partition coefficient (Wildman–Crippen LogP) is 14.7. The van der Waals surface area contributed by atoms with Crippen molar-refractivity contribution >= 4 is 94.5 Å². The fourth-order valence-corrected chi connectivity index (χ4v) is 8.53. The summed E-state index contributed by atoms with van der Waals surface area (Å²) in [6, 6.07) is 55.8. The topological polar surface area (TPSA) is 0 Å². The van der Waals surface area contributed by atoms with Gasteiger partial charge in [0, 0.05) is 0 Å². The van der Waals surface area contributed by atoms with Crippen LogP contribution in [0.1, 0.15) is 40.7 Å². The van der Waals surface area contributed by atoms with Gasteiger partial charge in [-0.15, -0.1) is 0 Å². The first-order valence-electron chi connectivity index (χ1n) is 18.3. The Morgan fingerprint density at radius 1 is 0.385 bits per heavy atom. The Kier molecular flexibility index (Phi) is 7.40. The average molecular weight is 661 g/mol. The fourth-order valence-electron chi connectivity index (χ4n) is 8.53. The summed E-state index contributed by atoms with van der Waals surface area (Å²) >= 11 is 0. The van der Waals surface area contributed by atoms with Gasteiger partial charge in [-0.05, 0) is 117 Å². The SMILES string of the molecule is C1=CCCC(c2ccc3c4c(C=Cc5ccccc5)c5ccc6ccccc6c6cccc(c6)c5c(C=Cc5ccccc5)c4c4cccc2c34)=C1. The molecule has 244 valence electrons. The standard InChI is InChI=1S/C52H36/c1-4-14-35(15-5-1)26-29-45-44-31-28-38-20-10-11-23-41(38)39-21-12-22-40(34-39)49(44)47(30-27-36-16-6-2-7-17-36)52-46-25-13-24-43-42(37-18-8-3-9-19-37)32-33-48(50(43)46)51(45)52/h1-8,10-18,20-34H,9,19H2. The zero-order valence-electron chi connectivity index (χ0n) is 28.9. The molecule has 1 aliphatic carbocycles. The highest BCUT2D eigenvalue weighted by Gasteiger charge is 2.22. The van der Waals surface area contributed by atoms with Gasteiger partial charge in [-0.1, -0.05) is 188 Å². The molecule has 0 unspecified atom stereocenters. The van der Waals surface area contributed by atoms with Gasteiger partial charge in [0.25, 0.3) is 0 Å². The molecule has 0 nitrogen and oxygen atoms in total. The maximum Gasteiger partial charge on any atom is -0.00134 e. The van der Waals surface area contributed by atoms with Gasteiger partial charge in [-0.2, -0.15) is 0 Å². The predicted molar refractivity (Wildman–Crippen MR) is 229 cm³/mol. The summed E-state index contributed by atoms with van der Waals surface area (Å²) in [5.41, 5.74) is 7.63. The highest BCUT2D eigenvalue weighted by atomic mass is 14.2. The van der Waals surface area contributed by atoms with Crippen LogP contribution in [0, 0.1) is 0 Å². The highest BCUT2D eigenvalue weighted by Crippen LogP contribution is 2.48. The molecule has 0 heterocycles. The molecule has 0 spiro atoms. The highest BCUT2D eigenvalue weighted by molar-refractivity contribution is 6.38. The first-order valence-corrected chi connectivity index (χ1v) is 18.3. The van der Waals surface area contributed by atoms with E-state index in [1.165, 1.54) is 98.0 Å². The largest absolute Gasteiger partial charge is 0.0842 e. The van der Waals surface area contributed by atoms with Crippen molar-refractivity contribution in [2.75, 3.05) is 0 Å². The van der Waals surface area contributed by atoms with Crippen LogP contribution in [-0.4, -0.2) is 0 Å². The van der Waals surface area contributed by atoms with Gasteiger partial charge in [0.1, 0.15) is 0 Å². The molecule has 9 aromatic rings. The fraction of sp³-hybridized carbons (Fsp3) is 0.0385. The first-order chi connectivity index (χ1) is 25.8. The molecular formula is C52H36. The molecule has 0 heteroatoms. The average Bonchev–Trinajstić information content (AvgIpc) is 3.56. The summed E-state index contributed by atoms with van der Waals surface area (Å²) in [6.07, 6.45) is 18.3. The Hall–Kier alpha value is -6.50. The maximum absolute atomic E-state index is 2.40. The van der Waals surface area contributed by atoms with Crippen molar-refractivity contribution in [2.24, 2.45) is 0 Å². The minimum atomic E-state index is 1.06. The molecule has 10 rings (SSSR count). The summed E-state index contributed by atoms with van der Waals surface area (Å²) in [7, 11) is 0.